The Morgan fingerprint density at radius 2 is 2.12 bits per heavy atom. The van der Waals surface area contributed by atoms with Crippen LogP contribution in [0.5, 0.6) is 0 Å². The zero-order valence-electron chi connectivity index (χ0n) is 14.4. The average Bonchev–Trinajstić information content (AvgIpc) is 2.99. The summed E-state index contributed by atoms with van der Waals surface area (Å²) in [6.45, 7) is 3.16. The van der Waals surface area contributed by atoms with E-state index in [0.29, 0.717) is 16.5 Å². The number of aryl methyl sites for hydroxylation is 1. The van der Waals surface area contributed by atoms with E-state index >= 15 is 0 Å². The molecule has 6 heteroatoms. The molecule has 1 atom stereocenters. The molecule has 1 aromatic rings. The maximum absolute atomic E-state index is 12.3. The van der Waals surface area contributed by atoms with E-state index < -0.39 is 0 Å². The molecule has 0 bridgehead atoms. The molecule has 1 saturated heterocycles. The van der Waals surface area contributed by atoms with Crippen LogP contribution >= 0.6 is 23.2 Å². The first kappa shape index (κ1) is 19.5. The number of amides is 1. The lowest BCUT2D eigenvalue weighted by atomic mass is 10.1. The zero-order chi connectivity index (χ0) is 17.5. The third-order valence-corrected chi connectivity index (χ3v) is 4.97. The fraction of sp³-hybridized carbons (Fsp3) is 0.611. The van der Waals surface area contributed by atoms with Crippen LogP contribution < -0.4 is 0 Å². The van der Waals surface area contributed by atoms with E-state index in [1.54, 1.807) is 6.07 Å². The Morgan fingerprint density at radius 1 is 1.33 bits per heavy atom. The van der Waals surface area contributed by atoms with Crippen LogP contribution in [0.25, 0.3) is 0 Å². The van der Waals surface area contributed by atoms with E-state index in [4.69, 9.17) is 27.9 Å². The molecule has 2 rings (SSSR count). The molecule has 0 spiro atoms. The van der Waals surface area contributed by atoms with Crippen molar-refractivity contribution in [2.24, 2.45) is 0 Å². The number of carbonyl (C=O) groups is 1. The van der Waals surface area contributed by atoms with Gasteiger partial charge in [0.2, 0.25) is 5.91 Å². The van der Waals surface area contributed by atoms with Crippen LogP contribution in [0.3, 0.4) is 0 Å². The molecule has 0 aliphatic carbocycles. The highest BCUT2D eigenvalue weighted by molar-refractivity contribution is 6.42. The minimum absolute atomic E-state index is 0.184. The Bertz CT molecular complexity index is 552. The van der Waals surface area contributed by atoms with Crippen molar-refractivity contribution in [3.05, 3.63) is 33.8 Å². The van der Waals surface area contributed by atoms with Crippen LogP contribution in [0.1, 0.15) is 24.8 Å². The Labute approximate surface area is 154 Å². The van der Waals surface area contributed by atoms with Gasteiger partial charge >= 0.3 is 0 Å². The normalized spacial score (nSPS) is 17.7. The highest BCUT2D eigenvalue weighted by atomic mass is 35.5. The summed E-state index contributed by atoms with van der Waals surface area (Å²) in [6, 6.07) is 5.64. The molecule has 0 radical (unpaired) electrons. The summed E-state index contributed by atoms with van der Waals surface area (Å²) in [4.78, 5) is 16.3. The van der Waals surface area contributed by atoms with Gasteiger partial charge < -0.3 is 14.5 Å². The number of hydrogen-bond donors (Lipinski definition) is 0. The molecule has 134 valence electrons. The lowest BCUT2D eigenvalue weighted by Crippen LogP contribution is -2.30. The average molecular weight is 373 g/mol. The van der Waals surface area contributed by atoms with Gasteiger partial charge in [0.15, 0.2) is 0 Å². The lowest BCUT2D eigenvalue weighted by molar-refractivity contribution is -0.130. The van der Waals surface area contributed by atoms with Crippen molar-refractivity contribution in [2.45, 2.75) is 31.8 Å². The van der Waals surface area contributed by atoms with Crippen molar-refractivity contribution in [3.63, 3.8) is 0 Å². The summed E-state index contributed by atoms with van der Waals surface area (Å²) in [5.41, 5.74) is 1.11. The van der Waals surface area contributed by atoms with Gasteiger partial charge in [0.25, 0.3) is 0 Å². The molecule has 0 unspecified atom stereocenters. The van der Waals surface area contributed by atoms with Crippen molar-refractivity contribution in [1.82, 2.24) is 9.80 Å². The number of halogens is 2. The van der Waals surface area contributed by atoms with Crippen LogP contribution in [0.2, 0.25) is 10.0 Å². The van der Waals surface area contributed by atoms with Crippen molar-refractivity contribution in [3.8, 4) is 0 Å². The molecule has 1 aromatic carbocycles. The first-order valence-corrected chi connectivity index (χ1v) is 9.19. The molecule has 0 saturated carbocycles. The summed E-state index contributed by atoms with van der Waals surface area (Å²) >= 11 is 11.9. The smallest absolute Gasteiger partial charge is 0.222 e. The van der Waals surface area contributed by atoms with Gasteiger partial charge in [-0.25, -0.2) is 0 Å². The minimum atomic E-state index is 0.184. The minimum Gasteiger partial charge on any atom is -0.375 e. The summed E-state index contributed by atoms with van der Waals surface area (Å²) in [5.74, 6) is 0.216. The molecular weight excluding hydrogens is 347 g/mol. The van der Waals surface area contributed by atoms with Crippen molar-refractivity contribution >= 4 is 29.1 Å². The Balaban J connectivity index is 1.66. The summed E-state index contributed by atoms with van der Waals surface area (Å²) in [6.07, 6.45) is 3.33. The van der Waals surface area contributed by atoms with Crippen LogP contribution in [0.4, 0.5) is 0 Å². The van der Waals surface area contributed by atoms with Gasteiger partial charge in [-0.2, -0.15) is 0 Å². The number of rotatable bonds is 8. The molecule has 1 amide bonds. The third kappa shape index (κ3) is 6.25. The molecule has 1 aliphatic rings. The van der Waals surface area contributed by atoms with E-state index in [1.165, 1.54) is 0 Å². The fourth-order valence-electron chi connectivity index (χ4n) is 2.79. The lowest BCUT2D eigenvalue weighted by Gasteiger charge is -2.17. The summed E-state index contributed by atoms with van der Waals surface area (Å²) in [5, 5.41) is 1.13. The fourth-order valence-corrected chi connectivity index (χ4v) is 3.11. The number of carbonyl (C=O) groups excluding carboxylic acids is 1. The Morgan fingerprint density at radius 3 is 2.83 bits per heavy atom. The molecule has 4 nitrogen and oxygen atoms in total. The van der Waals surface area contributed by atoms with Crippen LogP contribution in [-0.2, 0) is 16.0 Å². The number of nitrogens with zero attached hydrogens (tertiary/aromatic N) is 2. The first-order valence-electron chi connectivity index (χ1n) is 8.43. The number of benzene rings is 1. The predicted molar refractivity (Wildman–Crippen MR) is 98.9 cm³/mol. The molecule has 1 fully saturated rings. The van der Waals surface area contributed by atoms with Crippen molar-refractivity contribution < 1.29 is 9.53 Å². The van der Waals surface area contributed by atoms with Crippen molar-refractivity contribution in [2.75, 3.05) is 40.3 Å². The standard InChI is InChI=1S/C18H26Cl2N2O2/c1-21(2)10-11-24-15-8-9-22(13-15)18(23)5-3-4-14-6-7-16(19)17(20)12-14/h6-7,12,15H,3-5,8-11,13H2,1-2H3/t15-/m0/s1. The van der Waals surface area contributed by atoms with Crippen LogP contribution in [0.15, 0.2) is 18.2 Å². The number of hydrogen-bond acceptors (Lipinski definition) is 3. The van der Waals surface area contributed by atoms with E-state index in [1.807, 2.05) is 31.1 Å². The van der Waals surface area contributed by atoms with Gasteiger partial charge in [0.05, 0.1) is 22.8 Å². The summed E-state index contributed by atoms with van der Waals surface area (Å²) in [7, 11) is 4.06. The maximum Gasteiger partial charge on any atom is 0.222 e. The van der Waals surface area contributed by atoms with Crippen LogP contribution in [0, 0.1) is 0 Å². The highest BCUT2D eigenvalue weighted by Crippen LogP contribution is 2.23. The molecule has 0 N–H and O–H groups in total. The quantitative estimate of drug-likeness (QED) is 0.699. The number of likely N-dealkylation sites (tertiary alicyclic amines) is 1. The number of ether oxygens (including phenoxy) is 1. The Hall–Kier alpha value is -0.810. The van der Waals surface area contributed by atoms with Gasteiger partial charge in [-0.3, -0.25) is 4.79 Å². The summed E-state index contributed by atoms with van der Waals surface area (Å²) < 4.78 is 5.83. The van der Waals surface area contributed by atoms with Gasteiger partial charge in [-0.05, 0) is 51.1 Å². The van der Waals surface area contributed by atoms with Gasteiger partial charge in [-0.1, -0.05) is 29.3 Å². The zero-order valence-corrected chi connectivity index (χ0v) is 15.9. The van der Waals surface area contributed by atoms with E-state index in [9.17, 15) is 4.79 Å². The second kappa shape index (κ2) is 9.62. The topological polar surface area (TPSA) is 32.8 Å². The molecule has 1 heterocycles. The first-order chi connectivity index (χ1) is 11.5. The van der Waals surface area contributed by atoms with Gasteiger partial charge in [0.1, 0.15) is 0 Å². The van der Waals surface area contributed by atoms with E-state index in [2.05, 4.69) is 4.90 Å². The van der Waals surface area contributed by atoms with Crippen molar-refractivity contribution in [1.29, 1.82) is 0 Å². The largest absolute Gasteiger partial charge is 0.375 e. The van der Waals surface area contributed by atoms with Gasteiger partial charge in [-0.15, -0.1) is 0 Å². The predicted octanol–water partition coefficient (Wildman–Crippen LogP) is 3.50. The van der Waals surface area contributed by atoms with E-state index in [-0.39, 0.29) is 12.0 Å². The maximum atomic E-state index is 12.3. The highest BCUT2D eigenvalue weighted by Gasteiger charge is 2.26. The van der Waals surface area contributed by atoms with E-state index in [0.717, 1.165) is 51.1 Å². The Kier molecular flexibility index (Phi) is 7.82. The molecule has 24 heavy (non-hydrogen) atoms. The van der Waals surface area contributed by atoms with Crippen LogP contribution in [-0.4, -0.2) is 62.1 Å². The monoisotopic (exact) mass is 372 g/mol. The molecular formula is C18H26Cl2N2O2. The third-order valence-electron chi connectivity index (χ3n) is 4.23. The second-order valence-corrected chi connectivity index (χ2v) is 7.34. The second-order valence-electron chi connectivity index (χ2n) is 6.53. The molecule has 0 aromatic heterocycles. The molecule has 1 aliphatic heterocycles. The van der Waals surface area contributed by atoms with Gasteiger partial charge in [0, 0.05) is 26.1 Å². The SMILES string of the molecule is CN(C)CCO[C@H]1CCN(C(=O)CCCc2ccc(Cl)c(Cl)c2)C1. The number of likely N-dealkylation sites (N-methyl/N-ethyl adjacent to an activating group) is 1.